The van der Waals surface area contributed by atoms with Crippen molar-refractivity contribution in [1.82, 2.24) is 4.90 Å². The van der Waals surface area contributed by atoms with Crippen LogP contribution in [0.4, 0.5) is 0 Å². The largest absolute Gasteiger partial charge is 0.495 e. The van der Waals surface area contributed by atoms with Crippen LogP contribution in [0.3, 0.4) is 0 Å². The third-order valence-electron chi connectivity index (χ3n) is 3.08. The molecule has 98 valence electrons. The van der Waals surface area contributed by atoms with E-state index >= 15 is 0 Å². The number of thiophene rings is 1. The zero-order valence-corrected chi connectivity index (χ0v) is 10.9. The molecule has 1 N–H and O–H groups in total. The van der Waals surface area contributed by atoms with E-state index in [0.717, 1.165) is 6.42 Å². The van der Waals surface area contributed by atoms with Crippen LogP contribution in [0.1, 0.15) is 22.5 Å². The number of carbonyl (C=O) groups is 2. The Kier molecular flexibility index (Phi) is 3.86. The average molecular weight is 269 g/mol. The van der Waals surface area contributed by atoms with Gasteiger partial charge in [0.1, 0.15) is 10.6 Å². The highest BCUT2D eigenvalue weighted by molar-refractivity contribution is 7.12. The number of amides is 1. The van der Waals surface area contributed by atoms with Gasteiger partial charge in [-0.15, -0.1) is 11.3 Å². The number of methoxy groups -OCH3 is 1. The smallest absolute Gasteiger partial charge is 0.303 e. The Bertz CT molecular complexity index is 457. The molecular weight excluding hydrogens is 254 g/mol. The first kappa shape index (κ1) is 12.9. The van der Waals surface area contributed by atoms with E-state index in [0.29, 0.717) is 23.7 Å². The summed E-state index contributed by atoms with van der Waals surface area (Å²) in [5.41, 5.74) is 0. The number of ether oxygens (including phenoxy) is 1. The van der Waals surface area contributed by atoms with Gasteiger partial charge >= 0.3 is 5.97 Å². The first-order chi connectivity index (χ1) is 8.61. The molecule has 1 atom stereocenters. The number of aliphatic carboxylic acids is 1. The van der Waals surface area contributed by atoms with Crippen LogP contribution in [0, 0.1) is 5.92 Å². The zero-order valence-electron chi connectivity index (χ0n) is 10.1. The fourth-order valence-corrected chi connectivity index (χ4v) is 3.01. The minimum Gasteiger partial charge on any atom is -0.495 e. The molecule has 0 radical (unpaired) electrons. The van der Waals surface area contributed by atoms with E-state index in [-0.39, 0.29) is 18.2 Å². The molecule has 6 heteroatoms. The number of carboxylic acid groups (broad SMARTS) is 1. The Morgan fingerprint density at radius 1 is 1.61 bits per heavy atom. The number of hydrogen-bond acceptors (Lipinski definition) is 4. The molecule has 1 amide bonds. The van der Waals surface area contributed by atoms with Crippen molar-refractivity contribution in [2.24, 2.45) is 5.92 Å². The summed E-state index contributed by atoms with van der Waals surface area (Å²) in [4.78, 5) is 25.2. The molecule has 18 heavy (non-hydrogen) atoms. The van der Waals surface area contributed by atoms with Crippen molar-refractivity contribution in [1.29, 1.82) is 0 Å². The lowest BCUT2D eigenvalue weighted by molar-refractivity contribution is -0.138. The number of carboxylic acids is 1. The molecule has 1 saturated heterocycles. The predicted octanol–water partition coefficient (Wildman–Crippen LogP) is 1.69. The van der Waals surface area contributed by atoms with E-state index in [2.05, 4.69) is 0 Å². The van der Waals surface area contributed by atoms with Crippen molar-refractivity contribution in [2.45, 2.75) is 12.8 Å². The maximum Gasteiger partial charge on any atom is 0.303 e. The van der Waals surface area contributed by atoms with Crippen LogP contribution in [-0.2, 0) is 4.79 Å². The normalized spacial score (nSPS) is 18.9. The standard InChI is InChI=1S/C12H15NO4S/c1-17-9-3-5-18-11(9)12(16)13-4-2-8(7-13)6-10(14)15/h3,5,8H,2,4,6-7H2,1H3,(H,14,15). The van der Waals surface area contributed by atoms with Gasteiger partial charge in [-0.05, 0) is 23.8 Å². The molecule has 0 aromatic carbocycles. The molecule has 0 bridgehead atoms. The molecule has 1 aliphatic rings. The second-order valence-corrected chi connectivity index (χ2v) is 5.24. The van der Waals surface area contributed by atoms with E-state index in [1.807, 2.05) is 5.38 Å². The summed E-state index contributed by atoms with van der Waals surface area (Å²) in [5.74, 6) is -0.207. The Hall–Kier alpha value is -1.56. The molecule has 0 saturated carbocycles. The van der Waals surface area contributed by atoms with Crippen molar-refractivity contribution >= 4 is 23.2 Å². The lowest BCUT2D eigenvalue weighted by atomic mass is 10.1. The van der Waals surface area contributed by atoms with Gasteiger partial charge in [0.15, 0.2) is 0 Å². The highest BCUT2D eigenvalue weighted by Crippen LogP contribution is 2.29. The van der Waals surface area contributed by atoms with Gasteiger partial charge in [0.05, 0.1) is 7.11 Å². The van der Waals surface area contributed by atoms with Gasteiger partial charge < -0.3 is 14.7 Å². The summed E-state index contributed by atoms with van der Waals surface area (Å²) >= 11 is 1.35. The van der Waals surface area contributed by atoms with E-state index in [1.54, 1.807) is 11.0 Å². The van der Waals surface area contributed by atoms with Gasteiger partial charge in [0, 0.05) is 19.5 Å². The molecule has 0 aliphatic carbocycles. The summed E-state index contributed by atoms with van der Waals surface area (Å²) in [6.07, 6.45) is 0.886. The molecule has 1 unspecified atom stereocenters. The van der Waals surface area contributed by atoms with Gasteiger partial charge in [0.25, 0.3) is 5.91 Å². The maximum atomic E-state index is 12.2. The second kappa shape index (κ2) is 5.39. The van der Waals surface area contributed by atoms with Crippen LogP contribution < -0.4 is 4.74 Å². The Morgan fingerprint density at radius 3 is 3.06 bits per heavy atom. The minimum absolute atomic E-state index is 0.0604. The monoisotopic (exact) mass is 269 g/mol. The van der Waals surface area contributed by atoms with Crippen molar-refractivity contribution in [3.8, 4) is 5.75 Å². The fourth-order valence-electron chi connectivity index (χ4n) is 2.19. The third kappa shape index (κ3) is 2.64. The molecular formula is C12H15NO4S. The number of likely N-dealkylation sites (tertiary alicyclic amines) is 1. The van der Waals surface area contributed by atoms with Crippen LogP contribution in [0.25, 0.3) is 0 Å². The van der Waals surface area contributed by atoms with Crippen LogP contribution in [0.5, 0.6) is 5.75 Å². The van der Waals surface area contributed by atoms with Gasteiger partial charge in [-0.3, -0.25) is 9.59 Å². The molecule has 2 heterocycles. The van der Waals surface area contributed by atoms with E-state index in [9.17, 15) is 9.59 Å². The first-order valence-corrected chi connectivity index (χ1v) is 6.62. The number of rotatable bonds is 4. The zero-order chi connectivity index (χ0) is 13.1. The summed E-state index contributed by atoms with van der Waals surface area (Å²) < 4.78 is 5.13. The van der Waals surface area contributed by atoms with E-state index in [1.165, 1.54) is 18.4 Å². The third-order valence-corrected chi connectivity index (χ3v) is 3.96. The Morgan fingerprint density at radius 2 is 2.39 bits per heavy atom. The van der Waals surface area contributed by atoms with Crippen molar-refractivity contribution in [3.63, 3.8) is 0 Å². The molecule has 1 fully saturated rings. The van der Waals surface area contributed by atoms with Gasteiger partial charge in [-0.2, -0.15) is 0 Å². The van der Waals surface area contributed by atoms with E-state index in [4.69, 9.17) is 9.84 Å². The van der Waals surface area contributed by atoms with E-state index < -0.39 is 5.97 Å². The van der Waals surface area contributed by atoms with Crippen molar-refractivity contribution < 1.29 is 19.4 Å². The molecule has 2 rings (SSSR count). The molecule has 5 nitrogen and oxygen atoms in total. The Balaban J connectivity index is 2.01. The molecule has 0 spiro atoms. The van der Waals surface area contributed by atoms with Crippen molar-refractivity contribution in [2.75, 3.05) is 20.2 Å². The van der Waals surface area contributed by atoms with Crippen LogP contribution >= 0.6 is 11.3 Å². The molecule has 1 aromatic rings. The van der Waals surface area contributed by atoms with Gasteiger partial charge in [-0.25, -0.2) is 0 Å². The second-order valence-electron chi connectivity index (χ2n) is 4.32. The minimum atomic E-state index is -0.803. The quantitative estimate of drug-likeness (QED) is 0.903. The fraction of sp³-hybridized carbons (Fsp3) is 0.500. The SMILES string of the molecule is COc1ccsc1C(=O)N1CCC(CC(=O)O)C1. The highest BCUT2D eigenvalue weighted by Gasteiger charge is 2.30. The van der Waals surface area contributed by atoms with Crippen LogP contribution in [-0.4, -0.2) is 42.1 Å². The topological polar surface area (TPSA) is 66.8 Å². The number of nitrogens with zero attached hydrogens (tertiary/aromatic N) is 1. The summed E-state index contributed by atoms with van der Waals surface area (Å²) in [5, 5.41) is 10.6. The van der Waals surface area contributed by atoms with Crippen LogP contribution in [0.15, 0.2) is 11.4 Å². The molecule has 1 aliphatic heterocycles. The average Bonchev–Trinajstić information content (AvgIpc) is 2.95. The lowest BCUT2D eigenvalue weighted by Gasteiger charge is -2.15. The Labute approximate surface area is 109 Å². The first-order valence-electron chi connectivity index (χ1n) is 5.74. The summed E-state index contributed by atoms with van der Waals surface area (Å²) in [7, 11) is 1.54. The molecule has 1 aromatic heterocycles. The predicted molar refractivity (Wildman–Crippen MR) is 67.1 cm³/mol. The summed E-state index contributed by atoms with van der Waals surface area (Å²) in [6.45, 7) is 1.14. The lowest BCUT2D eigenvalue weighted by Crippen LogP contribution is -2.28. The number of carbonyl (C=O) groups excluding carboxylic acids is 1. The highest BCUT2D eigenvalue weighted by atomic mass is 32.1. The number of hydrogen-bond donors (Lipinski definition) is 1. The maximum absolute atomic E-state index is 12.2. The summed E-state index contributed by atoms with van der Waals surface area (Å²) in [6, 6.07) is 1.77. The van der Waals surface area contributed by atoms with Crippen molar-refractivity contribution in [3.05, 3.63) is 16.3 Å². The van der Waals surface area contributed by atoms with Gasteiger partial charge in [-0.1, -0.05) is 0 Å². The van der Waals surface area contributed by atoms with Crippen LogP contribution in [0.2, 0.25) is 0 Å². The van der Waals surface area contributed by atoms with Gasteiger partial charge in [0.2, 0.25) is 0 Å².